The molecule has 22 heavy (non-hydrogen) atoms. The Morgan fingerprint density at radius 3 is 2.50 bits per heavy atom. The summed E-state index contributed by atoms with van der Waals surface area (Å²) in [6.45, 7) is 10.4. The highest BCUT2D eigenvalue weighted by molar-refractivity contribution is 5.68. The second-order valence-corrected chi connectivity index (χ2v) is 8.15. The van der Waals surface area contributed by atoms with Gasteiger partial charge in [0.05, 0.1) is 0 Å². The van der Waals surface area contributed by atoms with Crippen molar-refractivity contribution in [1.29, 1.82) is 0 Å². The van der Waals surface area contributed by atoms with Gasteiger partial charge in [-0.25, -0.2) is 4.79 Å². The normalized spacial score (nSPS) is 33.7. The SMILES string of the molecule is CC1CN(C)CCC1NC1CCC(NC(=O)OC(C)(C)C)C1. The monoisotopic (exact) mass is 311 g/mol. The van der Waals surface area contributed by atoms with Gasteiger partial charge < -0.3 is 20.3 Å². The Balaban J connectivity index is 1.72. The zero-order chi connectivity index (χ0) is 16.3. The van der Waals surface area contributed by atoms with Crippen LogP contribution < -0.4 is 10.6 Å². The summed E-state index contributed by atoms with van der Waals surface area (Å²) < 4.78 is 5.34. The molecule has 0 aromatic heterocycles. The number of nitrogens with zero attached hydrogens (tertiary/aromatic N) is 1. The van der Waals surface area contributed by atoms with Gasteiger partial charge in [0.2, 0.25) is 0 Å². The van der Waals surface area contributed by atoms with E-state index >= 15 is 0 Å². The number of nitrogens with one attached hydrogen (secondary N) is 2. The Kier molecular flexibility index (Phi) is 5.72. The van der Waals surface area contributed by atoms with E-state index in [2.05, 4.69) is 29.5 Å². The number of likely N-dealkylation sites (tertiary alicyclic amines) is 1. The lowest BCUT2D eigenvalue weighted by Crippen LogP contribution is -2.50. The molecule has 2 N–H and O–H groups in total. The van der Waals surface area contributed by atoms with E-state index in [0.717, 1.165) is 19.3 Å². The first-order valence-corrected chi connectivity index (χ1v) is 8.67. The van der Waals surface area contributed by atoms with Gasteiger partial charge >= 0.3 is 6.09 Å². The van der Waals surface area contributed by atoms with Crippen molar-refractivity contribution < 1.29 is 9.53 Å². The molecule has 0 bridgehead atoms. The molecule has 2 aliphatic rings. The lowest BCUT2D eigenvalue weighted by molar-refractivity contribution is 0.0505. The summed E-state index contributed by atoms with van der Waals surface area (Å²) in [5.74, 6) is 0.691. The highest BCUT2D eigenvalue weighted by Crippen LogP contribution is 2.23. The van der Waals surface area contributed by atoms with E-state index in [-0.39, 0.29) is 12.1 Å². The molecule has 5 heteroatoms. The van der Waals surface area contributed by atoms with Crippen molar-refractivity contribution in [3.8, 4) is 0 Å². The van der Waals surface area contributed by atoms with Crippen LogP contribution in [0.1, 0.15) is 53.4 Å². The Morgan fingerprint density at radius 1 is 1.18 bits per heavy atom. The van der Waals surface area contributed by atoms with Crippen LogP contribution in [0.15, 0.2) is 0 Å². The number of alkyl carbamates (subject to hydrolysis) is 1. The topological polar surface area (TPSA) is 53.6 Å². The number of ether oxygens (including phenoxy) is 1. The molecule has 0 radical (unpaired) electrons. The van der Waals surface area contributed by atoms with Crippen molar-refractivity contribution in [2.45, 2.75) is 77.1 Å². The van der Waals surface area contributed by atoms with Gasteiger partial charge in [0.15, 0.2) is 0 Å². The van der Waals surface area contributed by atoms with E-state index in [1.807, 2.05) is 20.8 Å². The first-order valence-electron chi connectivity index (χ1n) is 8.67. The summed E-state index contributed by atoms with van der Waals surface area (Å²) in [5, 5.41) is 6.83. The van der Waals surface area contributed by atoms with E-state index in [9.17, 15) is 4.79 Å². The summed E-state index contributed by atoms with van der Waals surface area (Å²) >= 11 is 0. The standard InChI is InChI=1S/C17H33N3O2/c1-12-11-20(5)9-8-15(12)18-13-6-7-14(10-13)19-16(21)22-17(2,3)4/h12-15,18H,6-11H2,1-5H3,(H,19,21). The van der Waals surface area contributed by atoms with Gasteiger partial charge in [0.25, 0.3) is 0 Å². The Labute approximate surface area is 135 Å². The third-order valence-corrected chi connectivity index (χ3v) is 4.71. The fourth-order valence-corrected chi connectivity index (χ4v) is 3.64. The number of carbonyl (C=O) groups excluding carboxylic acids is 1. The van der Waals surface area contributed by atoms with Crippen LogP contribution in [0.25, 0.3) is 0 Å². The van der Waals surface area contributed by atoms with Gasteiger partial charge in [-0.05, 0) is 66.0 Å². The lowest BCUT2D eigenvalue weighted by Gasteiger charge is -2.37. The first-order chi connectivity index (χ1) is 10.2. The Morgan fingerprint density at radius 2 is 1.86 bits per heavy atom. The summed E-state index contributed by atoms with van der Waals surface area (Å²) in [5.41, 5.74) is -0.427. The molecule has 1 amide bonds. The lowest BCUT2D eigenvalue weighted by atomic mass is 9.93. The number of hydrogen-bond acceptors (Lipinski definition) is 4. The minimum Gasteiger partial charge on any atom is -0.444 e. The molecule has 0 aromatic carbocycles. The maximum absolute atomic E-state index is 11.8. The predicted octanol–water partition coefficient (Wildman–Crippen LogP) is 2.36. The van der Waals surface area contributed by atoms with E-state index in [1.165, 1.54) is 19.5 Å². The molecular formula is C17H33N3O2. The molecule has 5 nitrogen and oxygen atoms in total. The minimum atomic E-state index is -0.427. The van der Waals surface area contributed by atoms with Gasteiger partial charge in [-0.15, -0.1) is 0 Å². The summed E-state index contributed by atoms with van der Waals surface area (Å²) in [4.78, 5) is 14.2. The number of piperidine rings is 1. The zero-order valence-corrected chi connectivity index (χ0v) is 14.8. The summed E-state index contributed by atoms with van der Waals surface area (Å²) in [6.07, 6.45) is 4.12. The molecule has 0 spiro atoms. The number of rotatable bonds is 3. The molecule has 4 unspecified atom stereocenters. The minimum absolute atomic E-state index is 0.244. The smallest absolute Gasteiger partial charge is 0.407 e. The molecule has 2 fully saturated rings. The molecule has 1 aliphatic carbocycles. The highest BCUT2D eigenvalue weighted by Gasteiger charge is 2.31. The third-order valence-electron chi connectivity index (χ3n) is 4.71. The van der Waals surface area contributed by atoms with Crippen LogP contribution in [-0.4, -0.2) is 54.9 Å². The maximum atomic E-state index is 11.8. The van der Waals surface area contributed by atoms with E-state index < -0.39 is 5.60 Å². The van der Waals surface area contributed by atoms with Crippen LogP contribution in [0.4, 0.5) is 4.79 Å². The van der Waals surface area contributed by atoms with Crippen LogP contribution in [0.5, 0.6) is 0 Å². The van der Waals surface area contributed by atoms with E-state index in [4.69, 9.17) is 4.74 Å². The van der Waals surface area contributed by atoms with E-state index in [0.29, 0.717) is 18.0 Å². The Bertz CT molecular complexity index is 381. The van der Waals surface area contributed by atoms with Crippen LogP contribution in [0.3, 0.4) is 0 Å². The predicted molar refractivity (Wildman–Crippen MR) is 89.0 cm³/mol. The number of hydrogen-bond donors (Lipinski definition) is 2. The molecule has 4 atom stereocenters. The zero-order valence-electron chi connectivity index (χ0n) is 14.8. The van der Waals surface area contributed by atoms with E-state index in [1.54, 1.807) is 0 Å². The molecule has 1 saturated heterocycles. The largest absolute Gasteiger partial charge is 0.444 e. The van der Waals surface area contributed by atoms with Crippen molar-refractivity contribution in [2.75, 3.05) is 20.1 Å². The van der Waals surface area contributed by atoms with Crippen LogP contribution >= 0.6 is 0 Å². The Hall–Kier alpha value is -0.810. The van der Waals surface area contributed by atoms with Crippen LogP contribution in [-0.2, 0) is 4.74 Å². The molecule has 1 heterocycles. The summed E-state index contributed by atoms with van der Waals surface area (Å²) in [6, 6.07) is 1.38. The molecule has 1 saturated carbocycles. The molecular weight excluding hydrogens is 278 g/mol. The molecule has 2 rings (SSSR count). The second-order valence-electron chi connectivity index (χ2n) is 8.15. The first kappa shape index (κ1) is 17.5. The van der Waals surface area contributed by atoms with Crippen molar-refractivity contribution in [3.63, 3.8) is 0 Å². The van der Waals surface area contributed by atoms with Gasteiger partial charge in [0.1, 0.15) is 5.60 Å². The number of amides is 1. The van der Waals surface area contributed by atoms with Gasteiger partial charge in [0, 0.05) is 24.7 Å². The van der Waals surface area contributed by atoms with Crippen LogP contribution in [0.2, 0.25) is 0 Å². The van der Waals surface area contributed by atoms with Gasteiger partial charge in [-0.2, -0.15) is 0 Å². The third kappa shape index (κ3) is 5.43. The number of carbonyl (C=O) groups is 1. The summed E-state index contributed by atoms with van der Waals surface area (Å²) in [7, 11) is 2.20. The highest BCUT2D eigenvalue weighted by atomic mass is 16.6. The van der Waals surface area contributed by atoms with Gasteiger partial charge in [-0.3, -0.25) is 0 Å². The fraction of sp³-hybridized carbons (Fsp3) is 0.941. The average molecular weight is 311 g/mol. The van der Waals surface area contributed by atoms with Gasteiger partial charge in [-0.1, -0.05) is 6.92 Å². The van der Waals surface area contributed by atoms with Crippen molar-refractivity contribution in [2.24, 2.45) is 5.92 Å². The van der Waals surface area contributed by atoms with Crippen molar-refractivity contribution in [1.82, 2.24) is 15.5 Å². The molecule has 0 aromatic rings. The average Bonchev–Trinajstić information content (AvgIpc) is 2.77. The molecule has 128 valence electrons. The maximum Gasteiger partial charge on any atom is 0.407 e. The van der Waals surface area contributed by atoms with Crippen molar-refractivity contribution >= 4 is 6.09 Å². The molecule has 1 aliphatic heterocycles. The van der Waals surface area contributed by atoms with Crippen LogP contribution in [0, 0.1) is 5.92 Å². The second kappa shape index (κ2) is 7.18. The quantitative estimate of drug-likeness (QED) is 0.840. The fourth-order valence-electron chi connectivity index (χ4n) is 3.64. The van der Waals surface area contributed by atoms with Crippen molar-refractivity contribution in [3.05, 3.63) is 0 Å².